The highest BCUT2D eigenvalue weighted by Gasteiger charge is 2.32. The lowest BCUT2D eigenvalue weighted by atomic mass is 9.85. The van der Waals surface area contributed by atoms with Crippen molar-refractivity contribution in [1.82, 2.24) is 0 Å². The summed E-state index contributed by atoms with van der Waals surface area (Å²) < 4.78 is 13.2. The topological polar surface area (TPSA) is 20.2 Å². The summed E-state index contributed by atoms with van der Waals surface area (Å²) in [5.74, 6) is 1.64. The van der Waals surface area contributed by atoms with Crippen LogP contribution in [0.1, 0.15) is 24.0 Å². The number of thioether (sulfide) groups is 1. The normalized spacial score (nSPS) is 20.2. The number of benzene rings is 1. The first-order valence-corrected chi connectivity index (χ1v) is 6.34. The molecule has 1 fully saturated rings. The number of hydrogen-bond acceptors (Lipinski definition) is 2. The van der Waals surface area contributed by atoms with Gasteiger partial charge in [0.15, 0.2) is 0 Å². The molecule has 1 aromatic carbocycles. The van der Waals surface area contributed by atoms with Gasteiger partial charge >= 0.3 is 0 Å². The number of aliphatic hydroxyl groups is 1. The molecule has 0 aliphatic carbocycles. The molecule has 0 radical (unpaired) electrons. The highest BCUT2D eigenvalue weighted by Crippen LogP contribution is 2.37. The van der Waals surface area contributed by atoms with E-state index in [-0.39, 0.29) is 5.82 Å². The predicted octanol–water partition coefficient (Wildman–Crippen LogP) is 2.85. The first kappa shape index (κ1) is 11.0. The van der Waals surface area contributed by atoms with Gasteiger partial charge in [-0.1, -0.05) is 6.07 Å². The van der Waals surface area contributed by atoms with Gasteiger partial charge in [-0.25, -0.2) is 4.39 Å². The molecule has 3 heteroatoms. The average Bonchev–Trinajstić information content (AvgIpc) is 2.23. The van der Waals surface area contributed by atoms with Crippen LogP contribution in [0, 0.1) is 12.7 Å². The van der Waals surface area contributed by atoms with E-state index in [1.807, 2.05) is 18.7 Å². The Kier molecular flexibility index (Phi) is 3.03. The minimum Gasteiger partial charge on any atom is -0.385 e. The van der Waals surface area contributed by atoms with Gasteiger partial charge in [0.2, 0.25) is 0 Å². The zero-order valence-electron chi connectivity index (χ0n) is 8.79. The summed E-state index contributed by atoms with van der Waals surface area (Å²) in [5, 5.41) is 10.5. The fourth-order valence-corrected chi connectivity index (χ4v) is 3.24. The van der Waals surface area contributed by atoms with Crippen molar-refractivity contribution in [2.45, 2.75) is 25.4 Å². The number of hydrogen-bond donors (Lipinski definition) is 1. The van der Waals surface area contributed by atoms with Gasteiger partial charge in [-0.2, -0.15) is 11.8 Å². The lowest BCUT2D eigenvalue weighted by Crippen LogP contribution is -2.31. The van der Waals surface area contributed by atoms with Crippen molar-refractivity contribution in [3.8, 4) is 0 Å². The number of rotatable bonds is 1. The second-order valence-corrected chi connectivity index (χ2v) is 5.33. The lowest BCUT2D eigenvalue weighted by Gasteiger charge is -2.33. The summed E-state index contributed by atoms with van der Waals surface area (Å²) in [5.41, 5.74) is 0.936. The average molecular weight is 226 g/mol. The summed E-state index contributed by atoms with van der Waals surface area (Å²) in [4.78, 5) is 0. The summed E-state index contributed by atoms with van der Waals surface area (Å²) in [6, 6.07) is 4.66. The molecule has 1 saturated heterocycles. The minimum absolute atomic E-state index is 0.262. The van der Waals surface area contributed by atoms with Crippen molar-refractivity contribution in [3.05, 3.63) is 35.1 Å². The van der Waals surface area contributed by atoms with Crippen molar-refractivity contribution < 1.29 is 9.50 Å². The fraction of sp³-hybridized carbons (Fsp3) is 0.500. The SMILES string of the molecule is Cc1ccc(F)cc1C1(O)CCSCC1. The van der Waals surface area contributed by atoms with Crippen LogP contribution in [0.25, 0.3) is 0 Å². The summed E-state index contributed by atoms with van der Waals surface area (Å²) in [6.07, 6.45) is 1.45. The molecule has 0 aromatic heterocycles. The molecule has 1 aromatic rings. The van der Waals surface area contributed by atoms with Gasteiger partial charge in [-0.05, 0) is 54.5 Å². The maximum atomic E-state index is 13.2. The van der Waals surface area contributed by atoms with Crippen LogP contribution in [0.5, 0.6) is 0 Å². The van der Waals surface area contributed by atoms with Gasteiger partial charge in [0.1, 0.15) is 5.82 Å². The number of aryl methyl sites for hydroxylation is 1. The second kappa shape index (κ2) is 4.14. The maximum absolute atomic E-state index is 13.2. The second-order valence-electron chi connectivity index (χ2n) is 4.10. The Morgan fingerprint density at radius 2 is 2.00 bits per heavy atom. The third kappa shape index (κ3) is 2.18. The molecule has 1 N–H and O–H groups in total. The Bertz CT molecular complexity index is 359. The molecule has 0 unspecified atom stereocenters. The molecule has 0 saturated carbocycles. The Labute approximate surface area is 93.7 Å². The summed E-state index contributed by atoms with van der Waals surface area (Å²) in [7, 11) is 0. The first-order chi connectivity index (χ1) is 7.12. The van der Waals surface area contributed by atoms with Crippen LogP contribution in [0.3, 0.4) is 0 Å². The van der Waals surface area contributed by atoms with E-state index in [1.54, 1.807) is 6.07 Å². The summed E-state index contributed by atoms with van der Waals surface area (Å²) in [6.45, 7) is 1.93. The van der Waals surface area contributed by atoms with Crippen LogP contribution in [0.4, 0.5) is 4.39 Å². The van der Waals surface area contributed by atoms with Crippen molar-refractivity contribution in [2.75, 3.05) is 11.5 Å². The van der Waals surface area contributed by atoms with Crippen LogP contribution >= 0.6 is 11.8 Å². The molecule has 2 rings (SSSR count). The van der Waals surface area contributed by atoms with E-state index in [2.05, 4.69) is 0 Å². The standard InChI is InChI=1S/C12H15FOS/c1-9-2-3-10(13)8-11(9)12(14)4-6-15-7-5-12/h2-3,8,14H,4-7H2,1H3. The quantitative estimate of drug-likeness (QED) is 0.794. The molecule has 1 aliphatic rings. The van der Waals surface area contributed by atoms with E-state index in [0.29, 0.717) is 0 Å². The largest absolute Gasteiger partial charge is 0.385 e. The molecule has 15 heavy (non-hydrogen) atoms. The van der Waals surface area contributed by atoms with Crippen LogP contribution in [0.15, 0.2) is 18.2 Å². The Balaban J connectivity index is 2.38. The van der Waals surface area contributed by atoms with E-state index in [1.165, 1.54) is 12.1 Å². The molecule has 82 valence electrons. The van der Waals surface area contributed by atoms with Crippen molar-refractivity contribution in [2.24, 2.45) is 0 Å². The smallest absolute Gasteiger partial charge is 0.123 e. The monoisotopic (exact) mass is 226 g/mol. The van der Waals surface area contributed by atoms with Gasteiger partial charge in [0.05, 0.1) is 5.60 Å². The van der Waals surface area contributed by atoms with E-state index < -0.39 is 5.60 Å². The first-order valence-electron chi connectivity index (χ1n) is 5.19. The number of halogens is 1. The molecule has 0 amide bonds. The molecular weight excluding hydrogens is 211 g/mol. The zero-order chi connectivity index (χ0) is 10.9. The highest BCUT2D eigenvalue weighted by molar-refractivity contribution is 7.99. The lowest BCUT2D eigenvalue weighted by molar-refractivity contribution is 0.0272. The van der Waals surface area contributed by atoms with Gasteiger partial charge in [-0.3, -0.25) is 0 Å². The summed E-state index contributed by atoms with van der Waals surface area (Å²) >= 11 is 1.85. The molecule has 0 atom stereocenters. The van der Waals surface area contributed by atoms with Gasteiger partial charge < -0.3 is 5.11 Å². The molecule has 1 aliphatic heterocycles. The zero-order valence-corrected chi connectivity index (χ0v) is 9.61. The maximum Gasteiger partial charge on any atom is 0.123 e. The van der Waals surface area contributed by atoms with Gasteiger partial charge in [-0.15, -0.1) is 0 Å². The van der Waals surface area contributed by atoms with E-state index in [9.17, 15) is 9.50 Å². The highest BCUT2D eigenvalue weighted by atomic mass is 32.2. The van der Waals surface area contributed by atoms with Crippen LogP contribution in [-0.4, -0.2) is 16.6 Å². The third-order valence-corrected chi connectivity index (χ3v) is 4.01. The van der Waals surface area contributed by atoms with Crippen LogP contribution in [-0.2, 0) is 5.60 Å². The minimum atomic E-state index is -0.808. The van der Waals surface area contributed by atoms with E-state index in [0.717, 1.165) is 35.5 Å². The van der Waals surface area contributed by atoms with Crippen molar-refractivity contribution in [3.63, 3.8) is 0 Å². The van der Waals surface area contributed by atoms with Crippen LogP contribution < -0.4 is 0 Å². The Morgan fingerprint density at radius 1 is 1.33 bits per heavy atom. The van der Waals surface area contributed by atoms with Gasteiger partial charge in [0, 0.05) is 0 Å². The molecular formula is C12H15FOS. The third-order valence-electron chi connectivity index (χ3n) is 3.02. The van der Waals surface area contributed by atoms with Crippen molar-refractivity contribution >= 4 is 11.8 Å². The van der Waals surface area contributed by atoms with Gasteiger partial charge in [0.25, 0.3) is 0 Å². The molecule has 1 nitrogen and oxygen atoms in total. The Hall–Kier alpha value is -0.540. The predicted molar refractivity (Wildman–Crippen MR) is 61.6 cm³/mol. The molecule has 1 heterocycles. The van der Waals surface area contributed by atoms with Crippen LogP contribution in [0.2, 0.25) is 0 Å². The van der Waals surface area contributed by atoms with E-state index in [4.69, 9.17) is 0 Å². The van der Waals surface area contributed by atoms with Crippen molar-refractivity contribution in [1.29, 1.82) is 0 Å². The molecule has 0 bridgehead atoms. The fourth-order valence-electron chi connectivity index (χ4n) is 2.07. The van der Waals surface area contributed by atoms with E-state index >= 15 is 0 Å². The molecule has 0 spiro atoms. The Morgan fingerprint density at radius 3 is 2.67 bits per heavy atom.